The van der Waals surface area contributed by atoms with E-state index in [0.717, 1.165) is 12.8 Å². The Morgan fingerprint density at radius 2 is 1.50 bits per heavy atom. The Bertz CT molecular complexity index is 749. The van der Waals surface area contributed by atoms with Crippen LogP contribution in [0.15, 0.2) is 60.7 Å². The number of carboxylic acid groups (broad SMARTS) is 1. The summed E-state index contributed by atoms with van der Waals surface area (Å²) in [4.78, 5) is 11.4. The fraction of sp³-hybridized carbons (Fsp3) is 0.435. The standard InChI is InChI=1S/C23H31NO3Si/c1-17-15-16-20(21(17)24-22(25)26)27-28(23(2,3)4,18-11-7-5-8-12-18)19-13-9-6-10-14-19/h5-14,17,20-21,24H,15-16H2,1-4H3,(H,25,26). The Hall–Kier alpha value is -2.11. The second-order valence-corrected chi connectivity index (χ2v) is 13.1. The van der Waals surface area contributed by atoms with Crippen molar-refractivity contribution in [3.8, 4) is 0 Å². The summed E-state index contributed by atoms with van der Waals surface area (Å²) in [6, 6.07) is 20.8. The molecule has 2 aromatic carbocycles. The van der Waals surface area contributed by atoms with Crippen LogP contribution >= 0.6 is 0 Å². The van der Waals surface area contributed by atoms with Crippen LogP contribution in [-0.4, -0.2) is 31.7 Å². The van der Waals surface area contributed by atoms with Gasteiger partial charge in [0.2, 0.25) is 0 Å². The lowest BCUT2D eigenvalue weighted by Crippen LogP contribution is -2.68. The minimum absolute atomic E-state index is 0.116. The molecule has 0 spiro atoms. The predicted octanol–water partition coefficient (Wildman–Crippen LogP) is 4.00. The number of rotatable bonds is 5. The molecule has 150 valence electrons. The number of nitrogens with one attached hydrogen (secondary N) is 1. The molecule has 1 amide bonds. The Morgan fingerprint density at radius 1 is 1.00 bits per heavy atom. The fourth-order valence-corrected chi connectivity index (χ4v) is 9.31. The summed E-state index contributed by atoms with van der Waals surface area (Å²) in [5.74, 6) is 0.263. The maximum absolute atomic E-state index is 11.4. The zero-order valence-electron chi connectivity index (χ0n) is 17.2. The molecule has 2 aromatic rings. The van der Waals surface area contributed by atoms with Crippen molar-refractivity contribution in [2.75, 3.05) is 0 Å². The van der Waals surface area contributed by atoms with E-state index in [1.165, 1.54) is 10.4 Å². The summed E-state index contributed by atoms with van der Waals surface area (Å²) in [5, 5.41) is 14.4. The second kappa shape index (κ2) is 8.09. The molecule has 0 saturated heterocycles. The number of benzene rings is 2. The molecule has 3 unspecified atom stereocenters. The molecule has 4 nitrogen and oxygen atoms in total. The molecule has 1 aliphatic rings. The monoisotopic (exact) mass is 397 g/mol. The number of amides is 1. The Balaban J connectivity index is 2.12. The number of hydrogen-bond acceptors (Lipinski definition) is 2. The topological polar surface area (TPSA) is 58.6 Å². The molecule has 1 fully saturated rings. The first-order valence-corrected chi connectivity index (χ1v) is 11.9. The number of hydrogen-bond donors (Lipinski definition) is 2. The predicted molar refractivity (Wildman–Crippen MR) is 116 cm³/mol. The summed E-state index contributed by atoms with van der Waals surface area (Å²) in [7, 11) is -2.67. The third-order valence-corrected chi connectivity index (χ3v) is 11.0. The van der Waals surface area contributed by atoms with Crippen LogP contribution in [-0.2, 0) is 4.43 Å². The minimum Gasteiger partial charge on any atom is -0.465 e. The molecule has 0 aliphatic heterocycles. The lowest BCUT2D eigenvalue weighted by molar-refractivity contribution is 0.139. The van der Waals surface area contributed by atoms with Gasteiger partial charge in [-0.2, -0.15) is 0 Å². The third kappa shape index (κ3) is 3.87. The van der Waals surface area contributed by atoms with Crippen LogP contribution in [0, 0.1) is 5.92 Å². The summed E-state index contributed by atoms with van der Waals surface area (Å²) in [6.45, 7) is 8.85. The van der Waals surface area contributed by atoms with Gasteiger partial charge in [0.05, 0.1) is 12.1 Å². The van der Waals surface area contributed by atoms with Gasteiger partial charge in [-0.15, -0.1) is 0 Å². The van der Waals surface area contributed by atoms with E-state index >= 15 is 0 Å². The van der Waals surface area contributed by atoms with Gasteiger partial charge in [-0.1, -0.05) is 88.4 Å². The minimum atomic E-state index is -2.67. The molecule has 28 heavy (non-hydrogen) atoms. The summed E-state index contributed by atoms with van der Waals surface area (Å²) < 4.78 is 7.13. The van der Waals surface area contributed by atoms with E-state index in [1.54, 1.807) is 0 Å². The van der Waals surface area contributed by atoms with Crippen LogP contribution in [0.2, 0.25) is 5.04 Å². The summed E-state index contributed by atoms with van der Waals surface area (Å²) in [5.41, 5.74) is 0. The molecule has 5 heteroatoms. The molecule has 2 N–H and O–H groups in total. The van der Waals surface area contributed by atoms with Crippen molar-refractivity contribution in [1.29, 1.82) is 0 Å². The SMILES string of the molecule is CC1CCC(O[Si](c2ccccc2)(c2ccccc2)C(C)(C)C)C1NC(=O)O. The first-order chi connectivity index (χ1) is 13.3. The van der Waals surface area contributed by atoms with Gasteiger partial charge < -0.3 is 14.8 Å². The van der Waals surface area contributed by atoms with Gasteiger partial charge in [0, 0.05) is 0 Å². The maximum Gasteiger partial charge on any atom is 0.404 e. The lowest BCUT2D eigenvalue weighted by Gasteiger charge is -2.45. The molecule has 1 saturated carbocycles. The van der Waals surface area contributed by atoms with Crippen LogP contribution in [0.25, 0.3) is 0 Å². The zero-order valence-corrected chi connectivity index (χ0v) is 18.2. The summed E-state index contributed by atoms with van der Waals surface area (Å²) in [6.07, 6.45) is 0.733. The normalized spacial score (nSPS) is 22.8. The van der Waals surface area contributed by atoms with Gasteiger partial charge in [-0.05, 0) is 34.2 Å². The largest absolute Gasteiger partial charge is 0.465 e. The van der Waals surface area contributed by atoms with Gasteiger partial charge >= 0.3 is 6.09 Å². The molecular formula is C23H31NO3Si. The highest BCUT2D eigenvalue weighted by molar-refractivity contribution is 6.99. The number of carbonyl (C=O) groups is 1. The lowest BCUT2D eigenvalue weighted by atomic mass is 10.1. The van der Waals surface area contributed by atoms with Crippen LogP contribution in [0.4, 0.5) is 4.79 Å². The maximum atomic E-state index is 11.4. The van der Waals surface area contributed by atoms with Crippen molar-refractivity contribution >= 4 is 24.8 Å². The second-order valence-electron chi connectivity index (χ2n) is 8.85. The van der Waals surface area contributed by atoms with E-state index in [4.69, 9.17) is 4.43 Å². The first kappa shape index (κ1) is 20.6. The molecule has 0 radical (unpaired) electrons. The van der Waals surface area contributed by atoms with Crippen LogP contribution < -0.4 is 15.7 Å². The van der Waals surface area contributed by atoms with Crippen LogP contribution in [0.5, 0.6) is 0 Å². The molecule has 0 bridgehead atoms. The van der Waals surface area contributed by atoms with E-state index in [9.17, 15) is 9.90 Å². The molecule has 3 atom stereocenters. The molecular weight excluding hydrogens is 366 g/mol. The van der Waals surface area contributed by atoms with Gasteiger partial charge in [-0.3, -0.25) is 0 Å². The smallest absolute Gasteiger partial charge is 0.404 e. The summed E-state index contributed by atoms with van der Waals surface area (Å²) >= 11 is 0. The Morgan fingerprint density at radius 3 is 1.93 bits per heavy atom. The molecule has 0 heterocycles. The van der Waals surface area contributed by atoms with Crippen molar-refractivity contribution < 1.29 is 14.3 Å². The third-order valence-electron chi connectivity index (χ3n) is 5.96. The molecule has 3 rings (SSSR count). The zero-order chi connectivity index (χ0) is 20.4. The van der Waals surface area contributed by atoms with Gasteiger partial charge in [0.1, 0.15) is 0 Å². The van der Waals surface area contributed by atoms with Crippen molar-refractivity contribution in [2.24, 2.45) is 5.92 Å². The van der Waals surface area contributed by atoms with E-state index in [-0.39, 0.29) is 23.1 Å². The Labute approximate surface area is 169 Å². The van der Waals surface area contributed by atoms with Crippen molar-refractivity contribution in [2.45, 2.75) is 57.7 Å². The highest BCUT2D eigenvalue weighted by Crippen LogP contribution is 2.40. The van der Waals surface area contributed by atoms with Crippen molar-refractivity contribution in [3.05, 3.63) is 60.7 Å². The van der Waals surface area contributed by atoms with Crippen LogP contribution in [0.1, 0.15) is 40.5 Å². The van der Waals surface area contributed by atoms with Crippen LogP contribution in [0.3, 0.4) is 0 Å². The van der Waals surface area contributed by atoms with E-state index in [2.05, 4.69) is 81.5 Å². The van der Waals surface area contributed by atoms with Gasteiger partial charge in [0.25, 0.3) is 8.32 Å². The quantitative estimate of drug-likeness (QED) is 0.750. The fourth-order valence-electron chi connectivity index (χ4n) is 4.58. The Kier molecular flexibility index (Phi) is 5.96. The average molecular weight is 398 g/mol. The van der Waals surface area contributed by atoms with E-state index in [1.807, 2.05) is 12.1 Å². The molecule has 1 aliphatic carbocycles. The van der Waals surface area contributed by atoms with Crippen molar-refractivity contribution in [1.82, 2.24) is 5.32 Å². The molecule has 0 aromatic heterocycles. The first-order valence-electron chi connectivity index (χ1n) is 10.0. The van der Waals surface area contributed by atoms with Crippen molar-refractivity contribution in [3.63, 3.8) is 0 Å². The highest BCUT2D eigenvalue weighted by Gasteiger charge is 2.53. The van der Waals surface area contributed by atoms with Gasteiger partial charge in [0.15, 0.2) is 0 Å². The average Bonchev–Trinajstić information content (AvgIpc) is 2.99. The highest BCUT2D eigenvalue weighted by atomic mass is 28.4. The van der Waals surface area contributed by atoms with E-state index < -0.39 is 14.4 Å². The van der Waals surface area contributed by atoms with E-state index in [0.29, 0.717) is 0 Å². The van der Waals surface area contributed by atoms with Gasteiger partial charge in [-0.25, -0.2) is 4.79 Å².